The van der Waals surface area contributed by atoms with Gasteiger partial charge >= 0.3 is 0 Å². The van der Waals surface area contributed by atoms with Crippen LogP contribution in [0.5, 0.6) is 0 Å². The van der Waals surface area contributed by atoms with Gasteiger partial charge in [0, 0.05) is 32.2 Å². The van der Waals surface area contributed by atoms with Crippen molar-refractivity contribution in [3.8, 4) is 0 Å². The summed E-state index contributed by atoms with van der Waals surface area (Å²) in [5.74, 6) is 0. The first-order valence-electron chi connectivity index (χ1n) is 6.59. The summed E-state index contributed by atoms with van der Waals surface area (Å²) >= 11 is 0. The molecular weight excluding hydrogens is 205 g/mol. The summed E-state index contributed by atoms with van der Waals surface area (Å²) < 4.78 is 18.1. The number of methoxy groups -OCH3 is 1. The number of hydrogen-bond acceptors (Lipinski definition) is 2. The van der Waals surface area contributed by atoms with E-state index in [4.69, 9.17) is 4.74 Å². The molecule has 0 atom stereocenters. The second-order valence-electron chi connectivity index (χ2n) is 4.88. The van der Waals surface area contributed by atoms with E-state index in [9.17, 15) is 4.39 Å². The molecule has 0 unspecified atom stereocenters. The van der Waals surface area contributed by atoms with Crippen molar-refractivity contribution in [2.24, 2.45) is 5.41 Å². The molecule has 0 aromatic carbocycles. The van der Waals surface area contributed by atoms with E-state index in [1.165, 1.54) is 12.8 Å². The summed E-state index contributed by atoms with van der Waals surface area (Å²) in [5.41, 5.74) is 0.428. The van der Waals surface area contributed by atoms with Crippen LogP contribution in [0.4, 0.5) is 4.39 Å². The van der Waals surface area contributed by atoms with Gasteiger partial charge in [-0.05, 0) is 25.7 Å². The van der Waals surface area contributed by atoms with Crippen LogP contribution < -0.4 is 0 Å². The first-order chi connectivity index (χ1) is 7.74. The Morgan fingerprint density at radius 2 is 1.81 bits per heavy atom. The van der Waals surface area contributed by atoms with Crippen molar-refractivity contribution in [1.82, 2.24) is 4.90 Å². The number of hydrogen-bond donors (Lipinski definition) is 0. The Kier molecular flexibility index (Phi) is 5.70. The van der Waals surface area contributed by atoms with E-state index >= 15 is 0 Å². The van der Waals surface area contributed by atoms with Crippen LogP contribution >= 0.6 is 0 Å². The fourth-order valence-electron chi connectivity index (χ4n) is 2.36. The van der Waals surface area contributed by atoms with Crippen LogP contribution in [0.15, 0.2) is 0 Å². The molecule has 1 heterocycles. The van der Waals surface area contributed by atoms with Crippen molar-refractivity contribution in [2.75, 3.05) is 33.4 Å². The molecule has 0 bridgehead atoms. The molecule has 0 amide bonds. The lowest BCUT2D eigenvalue weighted by molar-refractivity contribution is 0.0837. The van der Waals surface area contributed by atoms with E-state index in [1.54, 1.807) is 7.11 Å². The van der Waals surface area contributed by atoms with Crippen LogP contribution in [0.2, 0.25) is 0 Å². The van der Waals surface area contributed by atoms with Gasteiger partial charge < -0.3 is 9.64 Å². The molecule has 2 nitrogen and oxygen atoms in total. The van der Waals surface area contributed by atoms with Gasteiger partial charge in [-0.25, -0.2) is 4.39 Å². The van der Waals surface area contributed by atoms with Gasteiger partial charge in [0.1, 0.15) is 6.17 Å². The normalized spacial score (nSPS) is 24.8. The summed E-state index contributed by atoms with van der Waals surface area (Å²) in [6, 6.07) is 0. The maximum atomic E-state index is 12.9. The maximum absolute atomic E-state index is 12.9. The van der Waals surface area contributed by atoms with E-state index in [2.05, 4.69) is 4.90 Å². The molecule has 1 aliphatic carbocycles. The van der Waals surface area contributed by atoms with E-state index in [-0.39, 0.29) is 0 Å². The third-order valence-corrected chi connectivity index (χ3v) is 3.48. The van der Waals surface area contributed by atoms with Gasteiger partial charge in [0.05, 0.1) is 6.61 Å². The van der Waals surface area contributed by atoms with Gasteiger partial charge in [0.15, 0.2) is 0 Å². The Bertz CT molecular complexity index is 186. The third kappa shape index (κ3) is 4.02. The minimum Gasteiger partial charge on any atom is -0.384 e. The van der Waals surface area contributed by atoms with Gasteiger partial charge in [0.2, 0.25) is 0 Å². The van der Waals surface area contributed by atoms with Crippen LogP contribution in [-0.2, 0) is 4.74 Å². The average Bonchev–Trinajstić information content (AvgIpc) is 3.05. The highest BCUT2D eigenvalue weighted by Gasteiger charge is 2.44. The fourth-order valence-corrected chi connectivity index (χ4v) is 2.36. The van der Waals surface area contributed by atoms with Crippen molar-refractivity contribution in [1.29, 1.82) is 0 Å². The number of piperidine rings is 1. The van der Waals surface area contributed by atoms with Crippen LogP contribution in [0, 0.1) is 5.41 Å². The number of likely N-dealkylation sites (tertiary alicyclic amines) is 1. The van der Waals surface area contributed by atoms with Crippen LogP contribution in [-0.4, -0.2) is 44.4 Å². The summed E-state index contributed by atoms with van der Waals surface area (Å²) in [6.45, 7) is 7.87. The Morgan fingerprint density at radius 3 is 2.25 bits per heavy atom. The Balaban J connectivity index is 0.000000606. The van der Waals surface area contributed by atoms with Crippen LogP contribution in [0.25, 0.3) is 0 Å². The van der Waals surface area contributed by atoms with E-state index in [1.807, 2.05) is 13.8 Å². The Hall–Kier alpha value is -0.150. The minimum absolute atomic E-state index is 0.428. The lowest BCUT2D eigenvalue weighted by Gasteiger charge is -2.31. The zero-order valence-corrected chi connectivity index (χ0v) is 11.0. The van der Waals surface area contributed by atoms with Crippen molar-refractivity contribution in [3.63, 3.8) is 0 Å². The second kappa shape index (κ2) is 6.55. The molecule has 0 radical (unpaired) electrons. The fraction of sp³-hybridized carbons (Fsp3) is 1.00. The molecule has 1 aliphatic heterocycles. The molecule has 0 aromatic rings. The Labute approximate surface area is 99.2 Å². The average molecular weight is 231 g/mol. The smallest absolute Gasteiger partial charge is 0.103 e. The van der Waals surface area contributed by atoms with Gasteiger partial charge in [0.25, 0.3) is 0 Å². The zero-order valence-electron chi connectivity index (χ0n) is 11.0. The lowest BCUT2D eigenvalue weighted by Crippen LogP contribution is -2.39. The summed E-state index contributed by atoms with van der Waals surface area (Å²) in [7, 11) is 1.77. The Morgan fingerprint density at radius 1 is 1.25 bits per heavy atom. The number of halogens is 1. The molecule has 0 N–H and O–H groups in total. The summed E-state index contributed by atoms with van der Waals surface area (Å²) in [5, 5.41) is 0. The van der Waals surface area contributed by atoms with Gasteiger partial charge in [-0.1, -0.05) is 13.8 Å². The highest BCUT2D eigenvalue weighted by molar-refractivity contribution is 4.96. The molecule has 2 rings (SSSR count). The molecule has 0 aromatic heterocycles. The van der Waals surface area contributed by atoms with Gasteiger partial charge in [-0.15, -0.1) is 0 Å². The quantitative estimate of drug-likeness (QED) is 0.737. The second-order valence-corrected chi connectivity index (χ2v) is 4.88. The monoisotopic (exact) mass is 231 g/mol. The molecule has 96 valence electrons. The molecule has 2 aliphatic rings. The highest BCUT2D eigenvalue weighted by Crippen LogP contribution is 2.46. The van der Waals surface area contributed by atoms with E-state index < -0.39 is 6.17 Å². The van der Waals surface area contributed by atoms with E-state index in [0.29, 0.717) is 5.41 Å². The standard InChI is InChI=1S/C11H20FNO.C2H6/c1-14-9-11(4-5-11)8-13-6-2-10(12)3-7-13;1-2/h10H,2-9H2,1H3;1-2H3. The van der Waals surface area contributed by atoms with Crippen LogP contribution in [0.1, 0.15) is 39.5 Å². The van der Waals surface area contributed by atoms with Crippen LogP contribution in [0.3, 0.4) is 0 Å². The predicted molar refractivity (Wildman–Crippen MR) is 65.5 cm³/mol. The molecule has 2 fully saturated rings. The third-order valence-electron chi connectivity index (χ3n) is 3.48. The largest absolute Gasteiger partial charge is 0.384 e. The molecule has 1 saturated heterocycles. The topological polar surface area (TPSA) is 12.5 Å². The van der Waals surface area contributed by atoms with Gasteiger partial charge in [-0.2, -0.15) is 0 Å². The molecule has 3 heteroatoms. The summed E-state index contributed by atoms with van der Waals surface area (Å²) in [4.78, 5) is 2.40. The summed E-state index contributed by atoms with van der Waals surface area (Å²) in [6.07, 6.45) is 3.47. The zero-order chi connectivity index (χ0) is 12.0. The number of rotatable bonds is 4. The maximum Gasteiger partial charge on any atom is 0.103 e. The highest BCUT2D eigenvalue weighted by atomic mass is 19.1. The van der Waals surface area contributed by atoms with Crippen molar-refractivity contribution in [2.45, 2.75) is 45.7 Å². The first kappa shape index (κ1) is 13.9. The lowest BCUT2D eigenvalue weighted by atomic mass is 10.0. The SMILES string of the molecule is CC.COCC1(CN2CCC(F)CC2)CC1. The molecule has 1 saturated carbocycles. The number of nitrogens with zero attached hydrogens (tertiary/aromatic N) is 1. The van der Waals surface area contributed by atoms with Crippen molar-refractivity contribution >= 4 is 0 Å². The van der Waals surface area contributed by atoms with Gasteiger partial charge in [-0.3, -0.25) is 0 Å². The van der Waals surface area contributed by atoms with E-state index in [0.717, 1.165) is 39.1 Å². The first-order valence-corrected chi connectivity index (χ1v) is 6.59. The number of ether oxygens (including phenoxy) is 1. The number of alkyl halides is 1. The molecule has 0 spiro atoms. The molecule has 16 heavy (non-hydrogen) atoms. The van der Waals surface area contributed by atoms with Crippen molar-refractivity contribution in [3.05, 3.63) is 0 Å². The minimum atomic E-state index is -0.552. The predicted octanol–water partition coefficient (Wildman–Crippen LogP) is 2.87. The molecular formula is C13H26FNO. The van der Waals surface area contributed by atoms with Crippen molar-refractivity contribution < 1.29 is 9.13 Å².